The molecular formula is C14H20N2O2. The van der Waals surface area contributed by atoms with Gasteiger partial charge in [0.1, 0.15) is 0 Å². The van der Waals surface area contributed by atoms with Crippen LogP contribution in [0.25, 0.3) is 0 Å². The molecule has 0 aliphatic heterocycles. The summed E-state index contributed by atoms with van der Waals surface area (Å²) in [5, 5.41) is 2.81. The second-order valence-corrected chi connectivity index (χ2v) is 4.23. The van der Waals surface area contributed by atoms with E-state index in [4.69, 9.17) is 5.73 Å². The molecule has 1 rings (SSSR count). The summed E-state index contributed by atoms with van der Waals surface area (Å²) in [6.07, 6.45) is 4.40. The summed E-state index contributed by atoms with van der Waals surface area (Å²) in [5.41, 5.74) is 5.84. The molecule has 0 aromatic heterocycles. The average molecular weight is 248 g/mol. The molecule has 0 aliphatic carbocycles. The van der Waals surface area contributed by atoms with Crippen LogP contribution in [0.1, 0.15) is 53.3 Å². The molecule has 0 atom stereocenters. The monoisotopic (exact) mass is 248 g/mol. The predicted octanol–water partition coefficient (Wildman–Crippen LogP) is 2.10. The zero-order valence-electron chi connectivity index (χ0n) is 10.7. The lowest BCUT2D eigenvalue weighted by atomic mass is 10.1. The number of benzene rings is 1. The minimum atomic E-state index is -0.577. The lowest BCUT2D eigenvalue weighted by Gasteiger charge is -2.07. The van der Waals surface area contributed by atoms with Crippen LogP contribution in [0, 0.1) is 0 Å². The highest BCUT2D eigenvalue weighted by molar-refractivity contribution is 6.06. The fourth-order valence-corrected chi connectivity index (χ4v) is 1.74. The van der Waals surface area contributed by atoms with Crippen molar-refractivity contribution < 1.29 is 9.59 Å². The molecule has 98 valence electrons. The van der Waals surface area contributed by atoms with Crippen LogP contribution < -0.4 is 11.1 Å². The molecule has 0 saturated carbocycles. The Kier molecular flexibility index (Phi) is 5.91. The fourth-order valence-electron chi connectivity index (χ4n) is 1.74. The molecule has 0 spiro atoms. The van der Waals surface area contributed by atoms with Gasteiger partial charge < -0.3 is 11.1 Å². The van der Waals surface area contributed by atoms with E-state index in [0.717, 1.165) is 12.8 Å². The molecule has 0 fully saturated rings. The van der Waals surface area contributed by atoms with Crippen LogP contribution in [0.4, 0.5) is 0 Å². The summed E-state index contributed by atoms with van der Waals surface area (Å²) in [7, 11) is 0. The Morgan fingerprint density at radius 3 is 2.39 bits per heavy atom. The van der Waals surface area contributed by atoms with Gasteiger partial charge in [-0.1, -0.05) is 38.3 Å². The number of rotatable bonds is 7. The quantitative estimate of drug-likeness (QED) is 0.725. The van der Waals surface area contributed by atoms with Crippen LogP contribution in [0.3, 0.4) is 0 Å². The minimum absolute atomic E-state index is 0.235. The first-order valence-corrected chi connectivity index (χ1v) is 6.33. The summed E-state index contributed by atoms with van der Waals surface area (Å²) < 4.78 is 0. The van der Waals surface area contributed by atoms with E-state index in [1.165, 1.54) is 12.8 Å². The van der Waals surface area contributed by atoms with Crippen molar-refractivity contribution in [3.8, 4) is 0 Å². The SMILES string of the molecule is CCCCCCNC(=O)c1ccccc1C(N)=O. The molecule has 4 nitrogen and oxygen atoms in total. The number of hydrogen-bond donors (Lipinski definition) is 2. The first-order chi connectivity index (χ1) is 8.66. The maximum Gasteiger partial charge on any atom is 0.252 e. The van der Waals surface area contributed by atoms with Crippen molar-refractivity contribution in [1.29, 1.82) is 0 Å². The van der Waals surface area contributed by atoms with Crippen molar-refractivity contribution in [3.63, 3.8) is 0 Å². The second-order valence-electron chi connectivity index (χ2n) is 4.23. The summed E-state index contributed by atoms with van der Waals surface area (Å²) in [5.74, 6) is -0.812. The van der Waals surface area contributed by atoms with Crippen molar-refractivity contribution in [3.05, 3.63) is 35.4 Å². The van der Waals surface area contributed by atoms with Crippen molar-refractivity contribution in [2.45, 2.75) is 32.6 Å². The molecule has 0 bridgehead atoms. The minimum Gasteiger partial charge on any atom is -0.366 e. The predicted molar refractivity (Wildman–Crippen MR) is 71.4 cm³/mol. The Labute approximate surface area is 108 Å². The van der Waals surface area contributed by atoms with Gasteiger partial charge in [-0.05, 0) is 18.6 Å². The maximum absolute atomic E-state index is 11.9. The third-order valence-electron chi connectivity index (χ3n) is 2.75. The van der Waals surface area contributed by atoms with Gasteiger partial charge in [0.05, 0.1) is 11.1 Å². The van der Waals surface area contributed by atoms with E-state index in [9.17, 15) is 9.59 Å². The molecule has 0 unspecified atom stereocenters. The van der Waals surface area contributed by atoms with E-state index in [1.807, 2.05) is 0 Å². The molecule has 18 heavy (non-hydrogen) atoms. The van der Waals surface area contributed by atoms with Crippen molar-refractivity contribution >= 4 is 11.8 Å². The van der Waals surface area contributed by atoms with Gasteiger partial charge in [0.2, 0.25) is 5.91 Å². The number of unbranched alkanes of at least 4 members (excludes halogenated alkanes) is 3. The standard InChI is InChI=1S/C14H20N2O2/c1-2-3-4-7-10-16-14(18)12-9-6-5-8-11(12)13(15)17/h5-6,8-9H,2-4,7,10H2,1H3,(H2,15,17)(H,16,18). The second kappa shape index (κ2) is 7.48. The van der Waals surface area contributed by atoms with Gasteiger partial charge >= 0.3 is 0 Å². The number of primary amides is 1. The Hall–Kier alpha value is -1.84. The molecule has 1 aromatic rings. The topological polar surface area (TPSA) is 72.2 Å². The molecule has 1 aromatic carbocycles. The average Bonchev–Trinajstić information content (AvgIpc) is 2.38. The highest BCUT2D eigenvalue weighted by Gasteiger charge is 2.13. The summed E-state index contributed by atoms with van der Waals surface area (Å²) >= 11 is 0. The van der Waals surface area contributed by atoms with Crippen LogP contribution >= 0.6 is 0 Å². The van der Waals surface area contributed by atoms with E-state index in [-0.39, 0.29) is 11.5 Å². The van der Waals surface area contributed by atoms with E-state index < -0.39 is 5.91 Å². The van der Waals surface area contributed by atoms with Crippen molar-refractivity contribution in [2.75, 3.05) is 6.54 Å². The normalized spacial score (nSPS) is 10.1. The Balaban J connectivity index is 2.54. The van der Waals surface area contributed by atoms with Gasteiger partial charge in [-0.25, -0.2) is 0 Å². The molecule has 3 N–H and O–H groups in total. The van der Waals surface area contributed by atoms with Crippen LogP contribution in [0.2, 0.25) is 0 Å². The smallest absolute Gasteiger partial charge is 0.252 e. The van der Waals surface area contributed by atoms with Gasteiger partial charge in [-0.15, -0.1) is 0 Å². The lowest BCUT2D eigenvalue weighted by Crippen LogP contribution is -2.27. The zero-order valence-corrected chi connectivity index (χ0v) is 10.7. The van der Waals surface area contributed by atoms with Crippen LogP contribution in [0.5, 0.6) is 0 Å². The highest BCUT2D eigenvalue weighted by atomic mass is 16.2. The van der Waals surface area contributed by atoms with E-state index in [0.29, 0.717) is 12.1 Å². The Morgan fingerprint density at radius 2 is 1.78 bits per heavy atom. The third kappa shape index (κ3) is 4.20. The number of carbonyl (C=O) groups excluding carboxylic acids is 2. The molecule has 0 heterocycles. The van der Waals surface area contributed by atoms with E-state index >= 15 is 0 Å². The van der Waals surface area contributed by atoms with Crippen molar-refractivity contribution in [2.24, 2.45) is 5.73 Å². The first-order valence-electron chi connectivity index (χ1n) is 6.33. The molecule has 2 amide bonds. The molecular weight excluding hydrogens is 228 g/mol. The van der Waals surface area contributed by atoms with Gasteiger partial charge in [-0.2, -0.15) is 0 Å². The van der Waals surface area contributed by atoms with Gasteiger partial charge in [0.25, 0.3) is 5.91 Å². The van der Waals surface area contributed by atoms with Crippen LogP contribution in [0.15, 0.2) is 24.3 Å². The fraction of sp³-hybridized carbons (Fsp3) is 0.429. The van der Waals surface area contributed by atoms with E-state index in [1.54, 1.807) is 24.3 Å². The largest absolute Gasteiger partial charge is 0.366 e. The number of carbonyl (C=O) groups is 2. The van der Waals surface area contributed by atoms with E-state index in [2.05, 4.69) is 12.2 Å². The maximum atomic E-state index is 11.9. The molecule has 4 heteroatoms. The Bertz CT molecular complexity index is 416. The Morgan fingerprint density at radius 1 is 1.11 bits per heavy atom. The summed E-state index contributed by atoms with van der Waals surface area (Å²) in [4.78, 5) is 23.1. The number of hydrogen-bond acceptors (Lipinski definition) is 2. The number of nitrogens with two attached hydrogens (primary N) is 1. The summed E-state index contributed by atoms with van der Waals surface area (Å²) in [6, 6.07) is 6.59. The van der Waals surface area contributed by atoms with Crippen molar-refractivity contribution in [1.82, 2.24) is 5.32 Å². The van der Waals surface area contributed by atoms with Crippen LogP contribution in [-0.4, -0.2) is 18.4 Å². The molecule has 0 saturated heterocycles. The summed E-state index contributed by atoms with van der Waals surface area (Å²) in [6.45, 7) is 2.77. The molecule has 0 radical (unpaired) electrons. The zero-order chi connectivity index (χ0) is 13.4. The number of amides is 2. The third-order valence-corrected chi connectivity index (χ3v) is 2.75. The lowest BCUT2D eigenvalue weighted by molar-refractivity contribution is 0.0935. The van der Waals surface area contributed by atoms with Gasteiger partial charge in [0.15, 0.2) is 0 Å². The van der Waals surface area contributed by atoms with Crippen LogP contribution in [-0.2, 0) is 0 Å². The van der Waals surface area contributed by atoms with Gasteiger partial charge in [0, 0.05) is 6.54 Å². The first kappa shape index (κ1) is 14.2. The number of nitrogens with one attached hydrogen (secondary N) is 1. The highest BCUT2D eigenvalue weighted by Crippen LogP contribution is 2.08. The van der Waals surface area contributed by atoms with Gasteiger partial charge in [-0.3, -0.25) is 9.59 Å². The molecule has 0 aliphatic rings.